The van der Waals surface area contributed by atoms with Crippen molar-refractivity contribution in [3.05, 3.63) is 66.4 Å². The maximum absolute atomic E-state index is 4.89. The van der Waals surface area contributed by atoms with E-state index in [2.05, 4.69) is 66.5 Å². The highest BCUT2D eigenvalue weighted by molar-refractivity contribution is 6.21. The molecule has 1 N–H and O–H groups in total. The van der Waals surface area contributed by atoms with Gasteiger partial charge in [0.1, 0.15) is 0 Å². The van der Waals surface area contributed by atoms with Crippen molar-refractivity contribution in [2.24, 2.45) is 0 Å². The molecule has 2 heteroatoms. The van der Waals surface area contributed by atoms with Crippen molar-refractivity contribution in [2.75, 3.05) is 0 Å². The van der Waals surface area contributed by atoms with E-state index in [0.29, 0.717) is 0 Å². The SMILES string of the molecule is Cc1[nH]c2ccccc2c2ccc3c4ccccc4nc3c12. The van der Waals surface area contributed by atoms with Gasteiger partial charge < -0.3 is 4.98 Å². The molecule has 5 rings (SSSR count). The molecular formula is C20H14N2. The van der Waals surface area contributed by atoms with Gasteiger partial charge in [0.2, 0.25) is 0 Å². The fourth-order valence-corrected chi connectivity index (χ4v) is 3.54. The van der Waals surface area contributed by atoms with E-state index in [9.17, 15) is 0 Å². The highest BCUT2D eigenvalue weighted by atomic mass is 14.7. The lowest BCUT2D eigenvalue weighted by atomic mass is 10.0. The van der Waals surface area contributed by atoms with Gasteiger partial charge in [-0.15, -0.1) is 0 Å². The zero-order chi connectivity index (χ0) is 14.7. The Balaban J connectivity index is 2.11. The number of nitrogens with one attached hydrogen (secondary N) is 1. The molecule has 104 valence electrons. The first-order chi connectivity index (χ1) is 10.8. The maximum atomic E-state index is 4.89. The molecule has 0 aliphatic heterocycles. The van der Waals surface area contributed by atoms with Crippen LogP contribution in [0.1, 0.15) is 5.69 Å². The second-order valence-corrected chi connectivity index (χ2v) is 5.81. The third kappa shape index (κ3) is 1.41. The number of aromatic amines is 1. The summed E-state index contributed by atoms with van der Waals surface area (Å²) in [7, 11) is 0. The quantitative estimate of drug-likeness (QED) is 0.382. The first kappa shape index (κ1) is 11.8. The molecule has 2 aromatic heterocycles. The molecular weight excluding hydrogens is 268 g/mol. The van der Waals surface area contributed by atoms with Crippen molar-refractivity contribution in [1.29, 1.82) is 0 Å². The Bertz CT molecular complexity index is 1180. The number of pyridine rings is 1. The normalized spacial score (nSPS) is 11.9. The second kappa shape index (κ2) is 4.08. The van der Waals surface area contributed by atoms with Crippen molar-refractivity contribution in [1.82, 2.24) is 9.97 Å². The van der Waals surface area contributed by atoms with E-state index in [-0.39, 0.29) is 0 Å². The van der Waals surface area contributed by atoms with Crippen molar-refractivity contribution in [3.8, 4) is 0 Å². The molecule has 0 aliphatic carbocycles. The van der Waals surface area contributed by atoms with Gasteiger partial charge in [-0.25, -0.2) is 4.98 Å². The minimum Gasteiger partial charge on any atom is -0.358 e. The van der Waals surface area contributed by atoms with Crippen molar-refractivity contribution < 1.29 is 0 Å². The van der Waals surface area contributed by atoms with Gasteiger partial charge in [0.15, 0.2) is 0 Å². The number of fused-ring (bicyclic) bond motifs is 7. The van der Waals surface area contributed by atoms with Crippen LogP contribution in [0.5, 0.6) is 0 Å². The van der Waals surface area contributed by atoms with Crippen LogP contribution in [0.25, 0.3) is 43.5 Å². The smallest absolute Gasteiger partial charge is 0.0812 e. The van der Waals surface area contributed by atoms with Crippen LogP contribution in [-0.4, -0.2) is 9.97 Å². The summed E-state index contributed by atoms with van der Waals surface area (Å²) in [5.41, 5.74) is 4.50. The average Bonchev–Trinajstić information content (AvgIpc) is 2.93. The molecule has 3 aromatic carbocycles. The fraction of sp³-hybridized carbons (Fsp3) is 0.0500. The molecule has 0 spiro atoms. The maximum Gasteiger partial charge on any atom is 0.0812 e. The summed E-state index contributed by atoms with van der Waals surface area (Å²) in [5, 5.41) is 6.20. The Kier molecular flexibility index (Phi) is 2.18. The van der Waals surface area contributed by atoms with Crippen LogP contribution in [0, 0.1) is 6.92 Å². The van der Waals surface area contributed by atoms with E-state index >= 15 is 0 Å². The number of nitrogens with zero attached hydrogens (tertiary/aromatic N) is 1. The van der Waals surface area contributed by atoms with Gasteiger partial charge in [-0.1, -0.05) is 48.5 Å². The Morgan fingerprint density at radius 1 is 0.727 bits per heavy atom. The van der Waals surface area contributed by atoms with Gasteiger partial charge in [0.05, 0.1) is 11.0 Å². The Morgan fingerprint density at radius 2 is 1.45 bits per heavy atom. The van der Waals surface area contributed by atoms with Crippen LogP contribution in [0.15, 0.2) is 60.7 Å². The van der Waals surface area contributed by atoms with Crippen molar-refractivity contribution >= 4 is 43.5 Å². The van der Waals surface area contributed by atoms with Gasteiger partial charge in [-0.2, -0.15) is 0 Å². The third-order valence-electron chi connectivity index (χ3n) is 4.52. The average molecular weight is 282 g/mol. The molecule has 5 aromatic rings. The molecule has 0 radical (unpaired) electrons. The summed E-state index contributed by atoms with van der Waals surface area (Å²) in [6, 6.07) is 21.2. The molecule has 0 fully saturated rings. The van der Waals surface area contributed by atoms with E-state index in [1.54, 1.807) is 0 Å². The van der Waals surface area contributed by atoms with Gasteiger partial charge in [0, 0.05) is 32.8 Å². The number of H-pyrrole nitrogens is 1. The molecule has 0 saturated carbocycles. The highest BCUT2D eigenvalue weighted by Crippen LogP contribution is 2.35. The van der Waals surface area contributed by atoms with E-state index in [1.165, 1.54) is 38.1 Å². The third-order valence-corrected chi connectivity index (χ3v) is 4.52. The highest BCUT2D eigenvalue weighted by Gasteiger charge is 2.12. The lowest BCUT2D eigenvalue weighted by Crippen LogP contribution is -1.88. The molecule has 0 saturated heterocycles. The number of aryl methyl sites for hydroxylation is 1. The number of benzene rings is 3. The first-order valence-electron chi connectivity index (χ1n) is 7.51. The molecule has 2 nitrogen and oxygen atoms in total. The van der Waals surface area contributed by atoms with E-state index in [4.69, 9.17) is 4.98 Å². The number of para-hydroxylation sites is 2. The van der Waals surface area contributed by atoms with Crippen molar-refractivity contribution in [2.45, 2.75) is 6.92 Å². The zero-order valence-corrected chi connectivity index (χ0v) is 12.2. The summed E-state index contributed by atoms with van der Waals surface area (Å²) in [4.78, 5) is 8.42. The molecule has 22 heavy (non-hydrogen) atoms. The molecule has 0 amide bonds. The minimum absolute atomic E-state index is 1.07. The largest absolute Gasteiger partial charge is 0.358 e. The standard InChI is InChI=1S/C20H14N2/c1-12-19-15(13-6-2-4-8-17(13)21-12)10-11-16-14-7-3-5-9-18(14)22-20(16)19/h2-11,21H,1H3. The summed E-state index contributed by atoms with van der Waals surface area (Å²) in [6.07, 6.45) is 0. The van der Waals surface area contributed by atoms with Gasteiger partial charge in [-0.3, -0.25) is 0 Å². The molecule has 0 bridgehead atoms. The topological polar surface area (TPSA) is 28.7 Å². The Morgan fingerprint density at radius 3 is 2.36 bits per heavy atom. The van der Waals surface area contributed by atoms with Crippen LogP contribution in [0.4, 0.5) is 0 Å². The predicted octanol–water partition coefficient (Wildman–Crippen LogP) is 5.33. The van der Waals surface area contributed by atoms with Gasteiger partial charge >= 0.3 is 0 Å². The first-order valence-corrected chi connectivity index (χ1v) is 7.51. The van der Waals surface area contributed by atoms with E-state index in [0.717, 1.165) is 11.0 Å². The van der Waals surface area contributed by atoms with E-state index in [1.807, 2.05) is 6.07 Å². The number of hydrogen-bond donors (Lipinski definition) is 1. The monoisotopic (exact) mass is 282 g/mol. The van der Waals surface area contributed by atoms with E-state index < -0.39 is 0 Å². The summed E-state index contributed by atoms with van der Waals surface area (Å²) < 4.78 is 0. The Labute approximate surface area is 127 Å². The molecule has 0 unspecified atom stereocenters. The molecule has 2 heterocycles. The fourth-order valence-electron chi connectivity index (χ4n) is 3.54. The number of hydrogen-bond acceptors (Lipinski definition) is 1. The van der Waals surface area contributed by atoms with Gasteiger partial charge in [-0.05, 0) is 24.4 Å². The van der Waals surface area contributed by atoms with Crippen LogP contribution < -0.4 is 0 Å². The zero-order valence-electron chi connectivity index (χ0n) is 12.2. The van der Waals surface area contributed by atoms with Crippen LogP contribution >= 0.6 is 0 Å². The molecule has 0 aliphatic rings. The second-order valence-electron chi connectivity index (χ2n) is 5.81. The van der Waals surface area contributed by atoms with Crippen LogP contribution in [-0.2, 0) is 0 Å². The van der Waals surface area contributed by atoms with Crippen LogP contribution in [0.2, 0.25) is 0 Å². The van der Waals surface area contributed by atoms with Crippen molar-refractivity contribution in [3.63, 3.8) is 0 Å². The molecule has 0 atom stereocenters. The lowest BCUT2D eigenvalue weighted by Gasteiger charge is -2.08. The summed E-state index contributed by atoms with van der Waals surface area (Å²) in [5.74, 6) is 0. The lowest BCUT2D eigenvalue weighted by molar-refractivity contribution is 1.29. The van der Waals surface area contributed by atoms with Gasteiger partial charge in [0.25, 0.3) is 0 Å². The minimum atomic E-state index is 1.07. The summed E-state index contributed by atoms with van der Waals surface area (Å²) in [6.45, 7) is 2.13. The Hall–Kier alpha value is -2.87. The van der Waals surface area contributed by atoms with Crippen LogP contribution in [0.3, 0.4) is 0 Å². The number of rotatable bonds is 0. The summed E-state index contributed by atoms with van der Waals surface area (Å²) >= 11 is 0. The number of aromatic nitrogens is 2. The predicted molar refractivity (Wildman–Crippen MR) is 93.3 cm³/mol.